The molecule has 1 aliphatic rings. The van der Waals surface area contributed by atoms with E-state index in [2.05, 4.69) is 25.5 Å². The normalized spacial score (nSPS) is 13.2. The van der Waals surface area contributed by atoms with Gasteiger partial charge in [0.25, 0.3) is 11.8 Å². The largest absolute Gasteiger partial charge is 0.481 e. The van der Waals surface area contributed by atoms with E-state index in [1.807, 2.05) is 24.3 Å². The minimum atomic E-state index is -4.55. The SMILES string of the molecule is O=C(O)CCSCc1cccc(C(=O)Nc2ccc(N3CCCCC3)cc2-c2cc(C(=O)NCc3ccc(C(F)(F)F)nc3)ccn2)c1. The predicted molar refractivity (Wildman–Crippen MR) is 179 cm³/mol. The van der Waals surface area contributed by atoms with Gasteiger partial charge in [0.15, 0.2) is 0 Å². The Morgan fingerprint density at radius 1 is 0.875 bits per heavy atom. The Kier molecular flexibility index (Phi) is 11.3. The number of piperidine rings is 1. The van der Waals surface area contributed by atoms with Gasteiger partial charge >= 0.3 is 12.1 Å². The zero-order chi connectivity index (χ0) is 34.1. The van der Waals surface area contributed by atoms with Crippen LogP contribution in [0.25, 0.3) is 11.3 Å². The Balaban J connectivity index is 1.36. The standard InChI is InChI=1S/C35H34F3N5O4S/c36-35(37,38)31-10-7-24(20-40-31)21-41-33(46)26-11-13-39-30(18-26)28-19-27(43-14-2-1-3-15-43)8-9-29(28)42-34(47)25-6-4-5-23(17-25)22-48-16-12-32(44)45/h4-11,13,17-20H,1-3,12,14-16,21-22H2,(H,41,46)(H,42,47)(H,44,45). The fourth-order valence-corrected chi connectivity index (χ4v) is 6.13. The molecule has 0 spiro atoms. The predicted octanol–water partition coefficient (Wildman–Crippen LogP) is 7.04. The summed E-state index contributed by atoms with van der Waals surface area (Å²) in [5.41, 5.74) is 3.57. The molecule has 3 N–H and O–H groups in total. The van der Waals surface area contributed by atoms with Crippen LogP contribution in [0.4, 0.5) is 24.5 Å². The summed E-state index contributed by atoms with van der Waals surface area (Å²) in [6.07, 6.45) is 1.39. The molecule has 1 fully saturated rings. The number of carbonyl (C=O) groups is 3. The lowest BCUT2D eigenvalue weighted by Gasteiger charge is -2.29. The highest BCUT2D eigenvalue weighted by atomic mass is 32.2. The molecule has 1 aliphatic heterocycles. The van der Waals surface area contributed by atoms with E-state index >= 15 is 0 Å². The maximum atomic E-state index is 13.5. The Morgan fingerprint density at radius 3 is 2.40 bits per heavy atom. The Morgan fingerprint density at radius 2 is 1.67 bits per heavy atom. The highest BCUT2D eigenvalue weighted by molar-refractivity contribution is 7.98. The van der Waals surface area contributed by atoms with Crippen molar-refractivity contribution in [1.29, 1.82) is 0 Å². The van der Waals surface area contributed by atoms with Crippen LogP contribution >= 0.6 is 11.8 Å². The topological polar surface area (TPSA) is 125 Å². The number of rotatable bonds is 12. The number of carbonyl (C=O) groups excluding carboxylic acids is 2. The van der Waals surface area contributed by atoms with Crippen molar-refractivity contribution in [2.75, 3.05) is 29.1 Å². The molecular formula is C35H34F3N5O4S. The number of pyridine rings is 2. The third kappa shape index (κ3) is 9.34. The van der Waals surface area contributed by atoms with E-state index in [4.69, 9.17) is 5.11 Å². The van der Waals surface area contributed by atoms with Crippen LogP contribution in [0, 0.1) is 0 Å². The second kappa shape index (κ2) is 15.8. The zero-order valence-electron chi connectivity index (χ0n) is 25.9. The lowest BCUT2D eigenvalue weighted by Crippen LogP contribution is -2.29. The quantitative estimate of drug-likeness (QED) is 0.136. The van der Waals surface area contributed by atoms with Crippen molar-refractivity contribution in [3.63, 3.8) is 0 Å². The smallest absolute Gasteiger partial charge is 0.433 e. The summed E-state index contributed by atoms with van der Waals surface area (Å²) in [5.74, 6) is -0.602. The zero-order valence-corrected chi connectivity index (χ0v) is 26.7. The molecule has 4 aromatic rings. The lowest BCUT2D eigenvalue weighted by molar-refractivity contribution is -0.141. The summed E-state index contributed by atoms with van der Waals surface area (Å²) < 4.78 is 38.6. The van der Waals surface area contributed by atoms with Gasteiger partial charge in [-0.3, -0.25) is 24.4 Å². The second-order valence-corrected chi connectivity index (χ2v) is 12.4. The lowest BCUT2D eigenvalue weighted by atomic mass is 10.0. The van der Waals surface area contributed by atoms with Crippen molar-refractivity contribution in [1.82, 2.24) is 15.3 Å². The summed E-state index contributed by atoms with van der Waals surface area (Å²) in [5, 5.41) is 14.6. The van der Waals surface area contributed by atoms with Gasteiger partial charge in [-0.15, -0.1) is 0 Å². The van der Waals surface area contributed by atoms with Crippen LogP contribution in [0.1, 0.15) is 63.2 Å². The first-order chi connectivity index (χ1) is 23.1. The van der Waals surface area contributed by atoms with E-state index < -0.39 is 23.7 Å². The number of nitrogens with one attached hydrogen (secondary N) is 2. The molecule has 9 nitrogen and oxygen atoms in total. The van der Waals surface area contributed by atoms with E-state index in [1.54, 1.807) is 24.3 Å². The number of anilines is 2. The molecule has 0 bridgehead atoms. The molecular weight excluding hydrogens is 643 g/mol. The number of halogens is 3. The number of nitrogens with zero attached hydrogens (tertiary/aromatic N) is 3. The van der Waals surface area contributed by atoms with E-state index in [0.29, 0.717) is 39.6 Å². The molecule has 1 saturated heterocycles. The number of thioether (sulfide) groups is 1. The molecule has 13 heteroatoms. The van der Waals surface area contributed by atoms with Gasteiger partial charge in [0, 0.05) is 65.9 Å². The summed E-state index contributed by atoms with van der Waals surface area (Å²) in [6.45, 7) is 1.78. The summed E-state index contributed by atoms with van der Waals surface area (Å²) in [7, 11) is 0. The van der Waals surface area contributed by atoms with E-state index in [0.717, 1.165) is 55.9 Å². The summed E-state index contributed by atoms with van der Waals surface area (Å²) in [4.78, 5) is 47.6. The molecule has 2 amide bonds. The number of carboxylic acids is 1. The fraction of sp³-hybridized carbons (Fsp3) is 0.286. The Labute approximate surface area is 280 Å². The molecule has 0 aliphatic carbocycles. The monoisotopic (exact) mass is 677 g/mol. The van der Waals surface area contributed by atoms with Gasteiger partial charge in [0.1, 0.15) is 5.69 Å². The van der Waals surface area contributed by atoms with Crippen molar-refractivity contribution in [3.8, 4) is 11.3 Å². The van der Waals surface area contributed by atoms with Crippen LogP contribution in [-0.4, -0.2) is 51.7 Å². The van der Waals surface area contributed by atoms with E-state index in [-0.39, 0.29) is 24.4 Å². The molecule has 2 aromatic heterocycles. The van der Waals surface area contributed by atoms with Gasteiger partial charge in [-0.1, -0.05) is 18.2 Å². The average molecular weight is 678 g/mol. The molecule has 0 saturated carbocycles. The van der Waals surface area contributed by atoms with Crippen molar-refractivity contribution in [3.05, 3.63) is 107 Å². The van der Waals surface area contributed by atoms with Crippen LogP contribution in [0.3, 0.4) is 0 Å². The van der Waals surface area contributed by atoms with Gasteiger partial charge in [-0.2, -0.15) is 24.9 Å². The number of alkyl halides is 3. The highest BCUT2D eigenvalue weighted by Crippen LogP contribution is 2.33. The highest BCUT2D eigenvalue weighted by Gasteiger charge is 2.32. The molecule has 0 unspecified atom stereocenters. The second-order valence-electron chi connectivity index (χ2n) is 11.3. The van der Waals surface area contributed by atoms with Crippen LogP contribution in [0.15, 0.2) is 79.1 Å². The van der Waals surface area contributed by atoms with Crippen LogP contribution in [0.2, 0.25) is 0 Å². The fourth-order valence-electron chi connectivity index (χ4n) is 5.25. The minimum Gasteiger partial charge on any atom is -0.481 e. The maximum Gasteiger partial charge on any atom is 0.433 e. The first-order valence-corrected chi connectivity index (χ1v) is 16.6. The van der Waals surface area contributed by atoms with Gasteiger partial charge in [-0.05, 0) is 78.9 Å². The van der Waals surface area contributed by atoms with E-state index in [1.165, 1.54) is 30.1 Å². The first-order valence-electron chi connectivity index (χ1n) is 15.4. The van der Waals surface area contributed by atoms with Crippen molar-refractivity contribution < 1.29 is 32.7 Å². The third-order valence-corrected chi connectivity index (χ3v) is 8.79. The van der Waals surface area contributed by atoms with Crippen molar-refractivity contribution in [2.45, 2.75) is 44.2 Å². The molecule has 3 heterocycles. The first kappa shape index (κ1) is 34.4. The average Bonchev–Trinajstić information content (AvgIpc) is 3.09. The van der Waals surface area contributed by atoms with Crippen LogP contribution < -0.4 is 15.5 Å². The van der Waals surface area contributed by atoms with Gasteiger partial charge < -0.3 is 20.6 Å². The summed E-state index contributed by atoms with van der Waals surface area (Å²) in [6, 6.07) is 18.2. The third-order valence-electron chi connectivity index (χ3n) is 7.76. The van der Waals surface area contributed by atoms with Crippen molar-refractivity contribution >= 4 is 40.9 Å². The van der Waals surface area contributed by atoms with Gasteiger partial charge in [0.05, 0.1) is 17.8 Å². The number of aliphatic carboxylic acids is 1. The number of benzene rings is 2. The van der Waals surface area contributed by atoms with Crippen LogP contribution in [0.5, 0.6) is 0 Å². The molecule has 5 rings (SSSR count). The van der Waals surface area contributed by atoms with Gasteiger partial charge in [0.2, 0.25) is 0 Å². The van der Waals surface area contributed by atoms with Gasteiger partial charge in [-0.25, -0.2) is 0 Å². The van der Waals surface area contributed by atoms with Crippen LogP contribution in [-0.2, 0) is 23.3 Å². The minimum absolute atomic E-state index is 0.0233. The number of carboxylic acid groups (broad SMARTS) is 1. The van der Waals surface area contributed by atoms with E-state index in [9.17, 15) is 27.6 Å². The maximum absolute atomic E-state index is 13.5. The summed E-state index contributed by atoms with van der Waals surface area (Å²) >= 11 is 1.48. The molecule has 48 heavy (non-hydrogen) atoms. The number of hydrogen-bond acceptors (Lipinski definition) is 7. The molecule has 0 radical (unpaired) electrons. The molecule has 2 aromatic carbocycles. The number of aromatic nitrogens is 2. The number of amides is 2. The number of hydrogen-bond donors (Lipinski definition) is 3. The molecule has 250 valence electrons. The molecule has 0 atom stereocenters. The van der Waals surface area contributed by atoms with Crippen molar-refractivity contribution in [2.24, 2.45) is 0 Å². The Hall–Kier alpha value is -4.91. The Bertz CT molecular complexity index is 1760.